The Morgan fingerprint density at radius 3 is 2.63 bits per heavy atom. The number of nitrogens with zero attached hydrogens (tertiary/aromatic N) is 2. The van der Waals surface area contributed by atoms with Crippen LogP contribution in [0.1, 0.15) is 32.6 Å². The van der Waals surface area contributed by atoms with Crippen LogP contribution in [0.3, 0.4) is 0 Å². The summed E-state index contributed by atoms with van der Waals surface area (Å²) in [5, 5.41) is 3.83. The van der Waals surface area contributed by atoms with Crippen LogP contribution in [-0.4, -0.2) is 10.1 Å². The highest BCUT2D eigenvalue weighted by molar-refractivity contribution is 9.10. The van der Waals surface area contributed by atoms with E-state index < -0.39 is 5.82 Å². The van der Waals surface area contributed by atoms with Crippen molar-refractivity contribution >= 4 is 15.9 Å². The van der Waals surface area contributed by atoms with E-state index in [-0.39, 0.29) is 22.9 Å². The van der Waals surface area contributed by atoms with Crippen LogP contribution in [0.2, 0.25) is 0 Å². The van der Waals surface area contributed by atoms with E-state index in [4.69, 9.17) is 10.3 Å². The fourth-order valence-electron chi connectivity index (χ4n) is 1.52. The second-order valence-electron chi connectivity index (χ2n) is 5.43. The fourth-order valence-corrected chi connectivity index (χ4v) is 1.85. The first-order chi connectivity index (χ1) is 8.79. The molecule has 0 bridgehead atoms. The molecule has 1 atom stereocenters. The van der Waals surface area contributed by atoms with Gasteiger partial charge in [-0.05, 0) is 23.6 Å². The predicted octanol–water partition coefficient (Wildman–Crippen LogP) is 3.68. The highest BCUT2D eigenvalue weighted by atomic mass is 79.9. The highest BCUT2D eigenvalue weighted by Crippen LogP contribution is 2.30. The zero-order valence-electron chi connectivity index (χ0n) is 10.9. The predicted molar refractivity (Wildman–Crippen MR) is 73.8 cm³/mol. The average molecular weight is 328 g/mol. The number of aromatic nitrogens is 2. The SMILES string of the molecule is CC(C)(C)C(N)c1noc(-c2ccc(Br)cc2F)n1. The fraction of sp³-hybridized carbons (Fsp3) is 0.385. The summed E-state index contributed by atoms with van der Waals surface area (Å²) >= 11 is 3.20. The Bertz CT molecular complexity index is 592. The second-order valence-corrected chi connectivity index (χ2v) is 6.34. The molecule has 0 aliphatic rings. The molecule has 0 spiro atoms. The Morgan fingerprint density at radius 1 is 1.37 bits per heavy atom. The molecule has 0 aliphatic carbocycles. The lowest BCUT2D eigenvalue weighted by molar-refractivity contribution is 0.303. The van der Waals surface area contributed by atoms with Crippen molar-refractivity contribution in [1.29, 1.82) is 0 Å². The summed E-state index contributed by atoms with van der Waals surface area (Å²) in [4.78, 5) is 4.18. The van der Waals surface area contributed by atoms with E-state index >= 15 is 0 Å². The monoisotopic (exact) mass is 327 g/mol. The Morgan fingerprint density at radius 2 is 2.05 bits per heavy atom. The molecule has 1 aromatic heterocycles. The molecular formula is C13H15BrFN3O. The van der Waals surface area contributed by atoms with Gasteiger partial charge in [-0.15, -0.1) is 0 Å². The Labute approximate surface area is 119 Å². The van der Waals surface area contributed by atoms with Gasteiger partial charge in [0.2, 0.25) is 0 Å². The van der Waals surface area contributed by atoms with Crippen LogP contribution in [0.15, 0.2) is 27.2 Å². The number of rotatable bonds is 2. The summed E-state index contributed by atoms with van der Waals surface area (Å²) in [5.41, 5.74) is 6.11. The van der Waals surface area contributed by atoms with E-state index in [9.17, 15) is 4.39 Å². The molecule has 4 nitrogen and oxygen atoms in total. The highest BCUT2D eigenvalue weighted by Gasteiger charge is 2.27. The van der Waals surface area contributed by atoms with Crippen molar-refractivity contribution < 1.29 is 8.91 Å². The van der Waals surface area contributed by atoms with Crippen molar-refractivity contribution in [1.82, 2.24) is 10.1 Å². The minimum atomic E-state index is -0.422. The number of nitrogens with two attached hydrogens (primary N) is 1. The third-order valence-electron chi connectivity index (χ3n) is 2.81. The summed E-state index contributed by atoms with van der Waals surface area (Å²) < 4.78 is 19.5. The van der Waals surface area contributed by atoms with Gasteiger partial charge < -0.3 is 10.3 Å². The maximum absolute atomic E-state index is 13.8. The summed E-state index contributed by atoms with van der Waals surface area (Å²) in [6.45, 7) is 5.94. The third-order valence-corrected chi connectivity index (χ3v) is 3.31. The first-order valence-electron chi connectivity index (χ1n) is 5.83. The van der Waals surface area contributed by atoms with Crippen molar-refractivity contribution in [3.05, 3.63) is 34.3 Å². The molecule has 2 N–H and O–H groups in total. The molecule has 1 unspecified atom stereocenters. The van der Waals surface area contributed by atoms with E-state index in [2.05, 4.69) is 26.1 Å². The first-order valence-corrected chi connectivity index (χ1v) is 6.63. The van der Waals surface area contributed by atoms with Crippen molar-refractivity contribution in [2.45, 2.75) is 26.8 Å². The molecule has 0 radical (unpaired) electrons. The lowest BCUT2D eigenvalue weighted by Gasteiger charge is -2.23. The van der Waals surface area contributed by atoms with Crippen LogP contribution in [-0.2, 0) is 0 Å². The maximum atomic E-state index is 13.8. The minimum absolute atomic E-state index is 0.139. The van der Waals surface area contributed by atoms with Gasteiger partial charge in [0.05, 0.1) is 11.6 Å². The van der Waals surface area contributed by atoms with Crippen LogP contribution >= 0.6 is 15.9 Å². The Kier molecular flexibility index (Phi) is 3.73. The topological polar surface area (TPSA) is 64.9 Å². The van der Waals surface area contributed by atoms with E-state index in [0.29, 0.717) is 10.3 Å². The normalized spacial score (nSPS) is 13.6. The van der Waals surface area contributed by atoms with Gasteiger partial charge in [-0.2, -0.15) is 4.98 Å². The first kappa shape index (κ1) is 14.1. The van der Waals surface area contributed by atoms with Gasteiger partial charge in [0.15, 0.2) is 5.82 Å². The number of hydrogen-bond acceptors (Lipinski definition) is 4. The number of benzene rings is 1. The zero-order valence-corrected chi connectivity index (χ0v) is 12.5. The van der Waals surface area contributed by atoms with Crippen LogP contribution in [0, 0.1) is 11.2 Å². The third kappa shape index (κ3) is 3.01. The van der Waals surface area contributed by atoms with E-state index in [1.54, 1.807) is 12.1 Å². The van der Waals surface area contributed by atoms with Crippen LogP contribution in [0.4, 0.5) is 4.39 Å². The molecule has 0 saturated carbocycles. The molecule has 19 heavy (non-hydrogen) atoms. The summed E-state index contributed by atoms with van der Waals surface area (Å²) in [6, 6.07) is 4.28. The summed E-state index contributed by atoms with van der Waals surface area (Å²) in [5.74, 6) is 0.0958. The maximum Gasteiger partial charge on any atom is 0.260 e. The summed E-state index contributed by atoms with van der Waals surface area (Å²) in [6.07, 6.45) is 0. The second kappa shape index (κ2) is 5.02. The molecule has 0 saturated heterocycles. The van der Waals surface area contributed by atoms with Gasteiger partial charge in [-0.25, -0.2) is 4.39 Å². The minimum Gasteiger partial charge on any atom is -0.334 e. The van der Waals surface area contributed by atoms with Gasteiger partial charge in [0, 0.05) is 4.47 Å². The van der Waals surface area contributed by atoms with Crippen molar-refractivity contribution in [2.75, 3.05) is 0 Å². The molecule has 6 heteroatoms. The van der Waals surface area contributed by atoms with E-state index in [1.165, 1.54) is 6.07 Å². The van der Waals surface area contributed by atoms with E-state index in [0.717, 1.165) is 0 Å². The molecule has 0 amide bonds. The van der Waals surface area contributed by atoms with E-state index in [1.807, 2.05) is 20.8 Å². The standard InChI is InChI=1S/C13H15BrFN3O/c1-13(2,3)10(16)11-17-12(19-18-11)8-5-4-7(14)6-9(8)15/h4-6,10H,16H2,1-3H3. The average Bonchev–Trinajstić information content (AvgIpc) is 2.75. The zero-order chi connectivity index (χ0) is 14.2. The van der Waals surface area contributed by atoms with Crippen LogP contribution in [0.5, 0.6) is 0 Å². The Hall–Kier alpha value is -1.27. The smallest absolute Gasteiger partial charge is 0.260 e. The van der Waals surface area contributed by atoms with Crippen LogP contribution < -0.4 is 5.73 Å². The lowest BCUT2D eigenvalue weighted by Crippen LogP contribution is -2.27. The van der Waals surface area contributed by atoms with Gasteiger partial charge in [-0.3, -0.25) is 0 Å². The molecule has 0 fully saturated rings. The van der Waals surface area contributed by atoms with Crippen molar-refractivity contribution in [2.24, 2.45) is 11.1 Å². The number of hydrogen-bond donors (Lipinski definition) is 1. The molecule has 0 aliphatic heterocycles. The molecule has 1 heterocycles. The van der Waals surface area contributed by atoms with Gasteiger partial charge in [0.25, 0.3) is 5.89 Å². The van der Waals surface area contributed by atoms with Gasteiger partial charge in [0.1, 0.15) is 5.82 Å². The largest absolute Gasteiger partial charge is 0.334 e. The van der Waals surface area contributed by atoms with Gasteiger partial charge >= 0.3 is 0 Å². The van der Waals surface area contributed by atoms with Crippen molar-refractivity contribution in [3.8, 4) is 11.5 Å². The molecular weight excluding hydrogens is 313 g/mol. The lowest BCUT2D eigenvalue weighted by atomic mass is 9.87. The number of halogens is 2. The molecule has 102 valence electrons. The molecule has 2 aromatic rings. The van der Waals surface area contributed by atoms with Crippen molar-refractivity contribution in [3.63, 3.8) is 0 Å². The quantitative estimate of drug-likeness (QED) is 0.913. The molecule has 2 rings (SSSR count). The molecule has 1 aromatic carbocycles. The Balaban J connectivity index is 2.36. The summed E-state index contributed by atoms with van der Waals surface area (Å²) in [7, 11) is 0. The van der Waals surface area contributed by atoms with Crippen LogP contribution in [0.25, 0.3) is 11.5 Å². The van der Waals surface area contributed by atoms with Gasteiger partial charge in [-0.1, -0.05) is 41.9 Å².